The van der Waals surface area contributed by atoms with Crippen LogP contribution in [0.3, 0.4) is 0 Å². The first-order chi connectivity index (χ1) is 13.9. The van der Waals surface area contributed by atoms with E-state index in [1.165, 1.54) is 21.8 Å². The highest BCUT2D eigenvalue weighted by Gasteiger charge is 2.24. The van der Waals surface area contributed by atoms with Crippen molar-refractivity contribution in [2.24, 2.45) is 0 Å². The number of carbonyl (C=O) groups is 2. The highest BCUT2D eigenvalue weighted by Crippen LogP contribution is 2.33. The van der Waals surface area contributed by atoms with E-state index in [-0.39, 0.29) is 19.1 Å². The van der Waals surface area contributed by atoms with E-state index in [1.54, 1.807) is 31.2 Å². The highest BCUT2D eigenvalue weighted by atomic mass is 32.1. The Morgan fingerprint density at radius 2 is 1.72 bits per heavy atom. The van der Waals surface area contributed by atoms with Gasteiger partial charge in [0.2, 0.25) is 0 Å². The zero-order valence-electron chi connectivity index (χ0n) is 17.1. The smallest absolute Gasteiger partial charge is 0.326 e. The molecular formula is C23H24N2O3S. The van der Waals surface area contributed by atoms with Crippen LogP contribution in [0.1, 0.15) is 34.0 Å². The van der Waals surface area contributed by atoms with Crippen molar-refractivity contribution in [1.29, 1.82) is 0 Å². The summed E-state index contributed by atoms with van der Waals surface area (Å²) in [6.07, 6.45) is 0. The number of benzene rings is 2. The summed E-state index contributed by atoms with van der Waals surface area (Å²) in [5, 5.41) is 2.40. The number of rotatable bonds is 6. The van der Waals surface area contributed by atoms with Crippen molar-refractivity contribution in [3.63, 3.8) is 0 Å². The molecule has 1 amide bonds. The number of hydrogen-bond donors (Lipinski definition) is 0. The summed E-state index contributed by atoms with van der Waals surface area (Å²) in [6, 6.07) is 13.1. The molecular weight excluding hydrogens is 384 g/mol. The fourth-order valence-corrected chi connectivity index (χ4v) is 4.20. The third-order valence-corrected chi connectivity index (χ3v) is 5.38. The van der Waals surface area contributed by atoms with Crippen LogP contribution in [-0.2, 0) is 9.53 Å². The molecule has 5 nitrogen and oxygen atoms in total. The van der Waals surface area contributed by atoms with E-state index in [1.807, 2.05) is 11.4 Å². The normalized spacial score (nSPS) is 10.6. The standard InChI is InChI=1S/C23H24N2O3S/c1-5-28-20(26)13-25(22(27)18-9-7-6-8-10-18)23-24-19(14-29-23)21-16(3)11-15(2)12-17(21)4/h6-12,14H,5,13H2,1-4H3. The number of aryl methyl sites for hydroxylation is 3. The fraction of sp³-hybridized carbons (Fsp3) is 0.261. The summed E-state index contributed by atoms with van der Waals surface area (Å²) >= 11 is 1.34. The average Bonchev–Trinajstić information content (AvgIpc) is 3.15. The van der Waals surface area contributed by atoms with Gasteiger partial charge in [-0.1, -0.05) is 35.9 Å². The third-order valence-electron chi connectivity index (χ3n) is 4.51. The minimum Gasteiger partial charge on any atom is -0.465 e. The quantitative estimate of drug-likeness (QED) is 0.542. The lowest BCUT2D eigenvalue weighted by molar-refractivity contribution is -0.141. The van der Waals surface area contributed by atoms with Crippen LogP contribution in [0.25, 0.3) is 11.3 Å². The number of carbonyl (C=O) groups excluding carboxylic acids is 2. The van der Waals surface area contributed by atoms with Crippen LogP contribution < -0.4 is 4.90 Å². The Morgan fingerprint density at radius 1 is 1.07 bits per heavy atom. The number of aromatic nitrogens is 1. The van der Waals surface area contributed by atoms with Crippen LogP contribution in [0.15, 0.2) is 47.8 Å². The molecule has 0 fully saturated rings. The van der Waals surface area contributed by atoms with Gasteiger partial charge in [-0.3, -0.25) is 14.5 Å². The van der Waals surface area contributed by atoms with E-state index in [9.17, 15) is 9.59 Å². The summed E-state index contributed by atoms with van der Waals surface area (Å²) in [4.78, 5) is 31.3. The van der Waals surface area contributed by atoms with E-state index in [0.29, 0.717) is 10.7 Å². The molecule has 0 unspecified atom stereocenters. The molecule has 3 aromatic rings. The van der Waals surface area contributed by atoms with Crippen LogP contribution in [0, 0.1) is 20.8 Å². The Kier molecular flexibility index (Phi) is 6.44. The molecule has 0 saturated carbocycles. The van der Waals surface area contributed by atoms with E-state index in [4.69, 9.17) is 9.72 Å². The predicted molar refractivity (Wildman–Crippen MR) is 117 cm³/mol. The molecule has 0 saturated heterocycles. The summed E-state index contributed by atoms with van der Waals surface area (Å²) in [7, 11) is 0. The number of ether oxygens (including phenoxy) is 1. The molecule has 6 heteroatoms. The Labute approximate surface area is 175 Å². The lowest BCUT2D eigenvalue weighted by Crippen LogP contribution is -2.36. The third kappa shape index (κ3) is 4.71. The maximum absolute atomic E-state index is 13.1. The first-order valence-corrected chi connectivity index (χ1v) is 10.3. The first-order valence-electron chi connectivity index (χ1n) is 9.47. The molecule has 0 radical (unpaired) electrons. The van der Waals surface area contributed by atoms with Crippen molar-refractivity contribution < 1.29 is 14.3 Å². The zero-order valence-corrected chi connectivity index (χ0v) is 17.9. The van der Waals surface area contributed by atoms with E-state index in [2.05, 4.69) is 32.9 Å². The molecule has 29 heavy (non-hydrogen) atoms. The lowest BCUT2D eigenvalue weighted by Gasteiger charge is -2.19. The Morgan fingerprint density at radius 3 is 2.34 bits per heavy atom. The van der Waals surface area contributed by atoms with Gasteiger partial charge in [0.15, 0.2) is 5.13 Å². The Bertz CT molecular complexity index is 1000. The fourth-order valence-electron chi connectivity index (χ4n) is 3.39. The zero-order chi connectivity index (χ0) is 21.0. The second-order valence-electron chi connectivity index (χ2n) is 6.85. The van der Waals surface area contributed by atoms with Gasteiger partial charge in [-0.05, 0) is 51.0 Å². The summed E-state index contributed by atoms with van der Waals surface area (Å²) in [5.74, 6) is -0.742. The number of anilines is 1. The molecule has 2 aromatic carbocycles. The molecule has 0 atom stereocenters. The number of amides is 1. The Hall–Kier alpha value is -2.99. The molecule has 0 N–H and O–H groups in total. The van der Waals surface area contributed by atoms with Gasteiger partial charge in [-0.25, -0.2) is 4.98 Å². The topological polar surface area (TPSA) is 59.5 Å². The van der Waals surface area contributed by atoms with Gasteiger partial charge in [0.1, 0.15) is 6.54 Å². The van der Waals surface area contributed by atoms with Gasteiger partial charge in [-0.15, -0.1) is 11.3 Å². The summed E-state index contributed by atoms with van der Waals surface area (Å²) in [6.45, 7) is 8.00. The highest BCUT2D eigenvalue weighted by molar-refractivity contribution is 7.14. The summed E-state index contributed by atoms with van der Waals surface area (Å²) < 4.78 is 5.07. The molecule has 150 valence electrons. The van der Waals surface area contributed by atoms with Crippen LogP contribution in [0.5, 0.6) is 0 Å². The van der Waals surface area contributed by atoms with Crippen molar-refractivity contribution in [2.75, 3.05) is 18.1 Å². The molecule has 0 aliphatic carbocycles. The van der Waals surface area contributed by atoms with E-state index >= 15 is 0 Å². The van der Waals surface area contributed by atoms with Crippen LogP contribution in [0.4, 0.5) is 5.13 Å². The van der Waals surface area contributed by atoms with Gasteiger partial charge in [0, 0.05) is 16.5 Å². The first kappa shape index (κ1) is 20.7. The van der Waals surface area contributed by atoms with Crippen molar-refractivity contribution in [1.82, 2.24) is 4.98 Å². The van der Waals surface area contributed by atoms with Gasteiger partial charge in [0.25, 0.3) is 5.91 Å². The molecule has 1 heterocycles. The number of hydrogen-bond acceptors (Lipinski definition) is 5. The van der Waals surface area contributed by atoms with Crippen molar-refractivity contribution in [3.05, 3.63) is 70.1 Å². The maximum Gasteiger partial charge on any atom is 0.326 e. The van der Waals surface area contributed by atoms with Gasteiger partial charge < -0.3 is 4.74 Å². The van der Waals surface area contributed by atoms with Crippen LogP contribution >= 0.6 is 11.3 Å². The maximum atomic E-state index is 13.1. The monoisotopic (exact) mass is 408 g/mol. The largest absolute Gasteiger partial charge is 0.465 e. The number of thiazole rings is 1. The van der Waals surface area contributed by atoms with Crippen molar-refractivity contribution in [2.45, 2.75) is 27.7 Å². The minimum atomic E-state index is -0.462. The molecule has 0 aliphatic heterocycles. The Balaban J connectivity index is 1.99. The average molecular weight is 409 g/mol. The number of esters is 1. The molecule has 0 aliphatic rings. The van der Waals surface area contributed by atoms with Gasteiger partial charge in [0.05, 0.1) is 12.3 Å². The van der Waals surface area contributed by atoms with E-state index in [0.717, 1.165) is 22.4 Å². The van der Waals surface area contributed by atoms with Gasteiger partial charge >= 0.3 is 5.97 Å². The second-order valence-corrected chi connectivity index (χ2v) is 7.69. The predicted octanol–water partition coefficient (Wildman–Crippen LogP) is 4.95. The SMILES string of the molecule is CCOC(=O)CN(C(=O)c1ccccc1)c1nc(-c2c(C)cc(C)cc2C)cs1. The van der Waals surface area contributed by atoms with Crippen LogP contribution in [0.2, 0.25) is 0 Å². The number of nitrogens with zero attached hydrogens (tertiary/aromatic N) is 2. The lowest BCUT2D eigenvalue weighted by atomic mass is 9.98. The molecule has 0 bridgehead atoms. The summed E-state index contributed by atoms with van der Waals surface area (Å²) in [5.41, 5.74) is 5.81. The van der Waals surface area contributed by atoms with Crippen LogP contribution in [-0.4, -0.2) is 30.0 Å². The van der Waals surface area contributed by atoms with Crippen molar-refractivity contribution >= 4 is 28.3 Å². The van der Waals surface area contributed by atoms with E-state index < -0.39 is 5.97 Å². The molecule has 0 spiro atoms. The molecule has 1 aromatic heterocycles. The van der Waals surface area contributed by atoms with Crippen molar-refractivity contribution in [3.8, 4) is 11.3 Å². The minimum absolute atomic E-state index is 0.180. The molecule has 3 rings (SSSR count). The van der Waals surface area contributed by atoms with Gasteiger partial charge in [-0.2, -0.15) is 0 Å². The second kappa shape index (κ2) is 9.01.